The number of rotatable bonds is 5. The van der Waals surface area contributed by atoms with E-state index in [4.69, 9.17) is 5.26 Å². The third kappa shape index (κ3) is 5.32. The molecule has 0 radical (unpaired) electrons. The van der Waals surface area contributed by atoms with E-state index in [-0.39, 0.29) is 6.03 Å². The number of carbonyl (C=O) groups excluding carboxylic acids is 1. The van der Waals surface area contributed by atoms with E-state index < -0.39 is 0 Å². The molecule has 0 atom stereocenters. The predicted molar refractivity (Wildman–Crippen MR) is 106 cm³/mol. The Morgan fingerprint density at radius 3 is 2.44 bits per heavy atom. The lowest BCUT2D eigenvalue weighted by atomic mass is 10.1. The predicted octanol–water partition coefficient (Wildman–Crippen LogP) is 2.94. The Kier molecular flexibility index (Phi) is 6.45. The summed E-state index contributed by atoms with van der Waals surface area (Å²) in [6, 6.07) is 18.2. The van der Waals surface area contributed by atoms with Crippen molar-refractivity contribution >= 4 is 6.03 Å². The summed E-state index contributed by atoms with van der Waals surface area (Å²) in [4.78, 5) is 16.6. The van der Waals surface area contributed by atoms with Crippen molar-refractivity contribution in [2.45, 2.75) is 19.9 Å². The van der Waals surface area contributed by atoms with Crippen LogP contribution >= 0.6 is 0 Å². The van der Waals surface area contributed by atoms with E-state index in [1.54, 1.807) is 0 Å². The maximum atomic E-state index is 12.4. The highest BCUT2D eigenvalue weighted by molar-refractivity contribution is 5.74. The molecule has 5 heteroatoms. The Morgan fingerprint density at radius 2 is 1.78 bits per heavy atom. The van der Waals surface area contributed by atoms with E-state index in [0.717, 1.165) is 39.1 Å². The van der Waals surface area contributed by atoms with Crippen LogP contribution in [0.5, 0.6) is 0 Å². The summed E-state index contributed by atoms with van der Waals surface area (Å²) in [5.74, 6) is 0. The van der Waals surface area contributed by atoms with E-state index in [1.807, 2.05) is 41.3 Å². The highest BCUT2D eigenvalue weighted by atomic mass is 16.2. The first kappa shape index (κ1) is 18.9. The summed E-state index contributed by atoms with van der Waals surface area (Å²) in [6.45, 7) is 6.84. The first-order valence-electron chi connectivity index (χ1n) is 9.44. The summed E-state index contributed by atoms with van der Waals surface area (Å²) < 4.78 is 0. The minimum atomic E-state index is 0.0293. The van der Waals surface area contributed by atoms with Gasteiger partial charge in [0.1, 0.15) is 0 Å². The maximum absolute atomic E-state index is 12.4. The maximum Gasteiger partial charge on any atom is 0.317 e. The van der Waals surface area contributed by atoms with Crippen LogP contribution in [0.25, 0.3) is 0 Å². The van der Waals surface area contributed by atoms with Gasteiger partial charge in [-0.2, -0.15) is 5.26 Å². The second-order valence-electron chi connectivity index (χ2n) is 6.98. The van der Waals surface area contributed by atoms with Gasteiger partial charge in [-0.1, -0.05) is 36.4 Å². The largest absolute Gasteiger partial charge is 0.338 e. The van der Waals surface area contributed by atoms with Gasteiger partial charge in [0.05, 0.1) is 11.6 Å². The molecule has 1 aliphatic heterocycles. The fraction of sp³-hybridized carbons (Fsp3) is 0.364. The number of nitriles is 1. The van der Waals surface area contributed by atoms with Crippen molar-refractivity contribution < 1.29 is 4.79 Å². The van der Waals surface area contributed by atoms with Gasteiger partial charge < -0.3 is 10.2 Å². The Morgan fingerprint density at radius 1 is 1.07 bits per heavy atom. The van der Waals surface area contributed by atoms with Gasteiger partial charge in [-0.3, -0.25) is 4.90 Å². The van der Waals surface area contributed by atoms with Gasteiger partial charge in [0.15, 0.2) is 0 Å². The van der Waals surface area contributed by atoms with Crippen LogP contribution in [0.15, 0.2) is 48.5 Å². The molecule has 0 aliphatic carbocycles. The summed E-state index contributed by atoms with van der Waals surface area (Å²) >= 11 is 0. The van der Waals surface area contributed by atoms with Crippen LogP contribution in [0.3, 0.4) is 0 Å². The zero-order valence-corrected chi connectivity index (χ0v) is 15.8. The van der Waals surface area contributed by atoms with E-state index >= 15 is 0 Å². The van der Waals surface area contributed by atoms with Gasteiger partial charge >= 0.3 is 6.03 Å². The fourth-order valence-electron chi connectivity index (χ4n) is 3.36. The first-order valence-corrected chi connectivity index (χ1v) is 9.44. The molecule has 0 spiro atoms. The molecule has 0 unspecified atom stereocenters. The first-order chi connectivity index (χ1) is 13.2. The summed E-state index contributed by atoms with van der Waals surface area (Å²) in [6.07, 6.45) is 0.858. The van der Waals surface area contributed by atoms with Crippen LogP contribution in [0.1, 0.15) is 22.3 Å². The van der Waals surface area contributed by atoms with Crippen LogP contribution in [-0.2, 0) is 13.0 Å². The van der Waals surface area contributed by atoms with Gasteiger partial charge in [0, 0.05) is 39.3 Å². The molecule has 2 aromatic carbocycles. The second-order valence-corrected chi connectivity index (χ2v) is 6.98. The highest BCUT2D eigenvalue weighted by Gasteiger charge is 2.20. The molecule has 2 amide bonds. The third-order valence-electron chi connectivity index (χ3n) is 5.08. The molecule has 1 N–H and O–H groups in total. The quantitative estimate of drug-likeness (QED) is 0.890. The Hall–Kier alpha value is -2.84. The van der Waals surface area contributed by atoms with Crippen LogP contribution in [0.2, 0.25) is 0 Å². The van der Waals surface area contributed by atoms with Crippen molar-refractivity contribution in [3.05, 3.63) is 70.8 Å². The molecule has 1 heterocycles. The molecule has 0 bridgehead atoms. The summed E-state index contributed by atoms with van der Waals surface area (Å²) in [7, 11) is 0. The molecule has 1 fully saturated rings. The Labute approximate surface area is 161 Å². The van der Waals surface area contributed by atoms with Gasteiger partial charge in [0.25, 0.3) is 0 Å². The lowest BCUT2D eigenvalue weighted by molar-refractivity contribution is 0.135. The molecule has 140 valence electrons. The minimum Gasteiger partial charge on any atom is -0.338 e. The highest BCUT2D eigenvalue weighted by Crippen LogP contribution is 2.10. The molecule has 3 rings (SSSR count). The number of hydrogen-bond acceptors (Lipinski definition) is 3. The van der Waals surface area contributed by atoms with Gasteiger partial charge in [-0.15, -0.1) is 0 Å². The number of nitrogens with zero attached hydrogens (tertiary/aromatic N) is 3. The number of nitrogens with one attached hydrogen (secondary N) is 1. The third-order valence-corrected chi connectivity index (χ3v) is 5.08. The smallest absolute Gasteiger partial charge is 0.317 e. The zero-order valence-electron chi connectivity index (χ0n) is 15.8. The standard InChI is InChI=1S/C22H26N4O/c1-18-4-2-3-5-21(18)10-11-24-22(27)26-14-12-25(13-15-26)17-20-8-6-19(16-23)7-9-20/h2-9H,10-15,17H2,1H3,(H,24,27). The summed E-state index contributed by atoms with van der Waals surface area (Å²) in [5.41, 5.74) is 4.43. The number of amides is 2. The minimum absolute atomic E-state index is 0.0293. The Balaban J connectivity index is 1.39. The molecular formula is C22H26N4O. The second kappa shape index (κ2) is 9.20. The number of aryl methyl sites for hydroxylation is 1. The van der Waals surface area contributed by atoms with Crippen LogP contribution in [-0.4, -0.2) is 48.6 Å². The number of piperazine rings is 1. The normalized spacial score (nSPS) is 14.6. The van der Waals surface area contributed by atoms with Gasteiger partial charge in [0.2, 0.25) is 0 Å². The van der Waals surface area contributed by atoms with Crippen LogP contribution in [0.4, 0.5) is 4.79 Å². The van der Waals surface area contributed by atoms with Crippen molar-refractivity contribution in [1.29, 1.82) is 5.26 Å². The monoisotopic (exact) mass is 362 g/mol. The average Bonchev–Trinajstić information content (AvgIpc) is 2.70. The van der Waals surface area contributed by atoms with Crippen LogP contribution < -0.4 is 5.32 Å². The van der Waals surface area contributed by atoms with E-state index in [1.165, 1.54) is 16.7 Å². The van der Waals surface area contributed by atoms with Crippen molar-refractivity contribution in [2.24, 2.45) is 0 Å². The lowest BCUT2D eigenvalue weighted by Crippen LogP contribution is -2.51. The van der Waals surface area contributed by atoms with Gasteiger partial charge in [-0.05, 0) is 42.2 Å². The molecule has 5 nitrogen and oxygen atoms in total. The number of hydrogen-bond donors (Lipinski definition) is 1. The number of carbonyl (C=O) groups is 1. The Bertz CT molecular complexity index is 802. The molecular weight excluding hydrogens is 336 g/mol. The summed E-state index contributed by atoms with van der Waals surface area (Å²) in [5, 5.41) is 11.9. The van der Waals surface area contributed by atoms with Crippen molar-refractivity contribution in [3.8, 4) is 6.07 Å². The number of benzene rings is 2. The van der Waals surface area contributed by atoms with E-state index in [0.29, 0.717) is 12.1 Å². The zero-order chi connectivity index (χ0) is 19.1. The fourth-order valence-corrected chi connectivity index (χ4v) is 3.36. The van der Waals surface area contributed by atoms with Crippen molar-refractivity contribution in [3.63, 3.8) is 0 Å². The molecule has 27 heavy (non-hydrogen) atoms. The lowest BCUT2D eigenvalue weighted by Gasteiger charge is -2.34. The molecule has 0 saturated carbocycles. The molecule has 0 aromatic heterocycles. The molecule has 2 aromatic rings. The number of urea groups is 1. The molecule has 1 saturated heterocycles. The molecule has 1 aliphatic rings. The van der Waals surface area contributed by atoms with Crippen LogP contribution in [0, 0.1) is 18.3 Å². The SMILES string of the molecule is Cc1ccccc1CCNC(=O)N1CCN(Cc2ccc(C#N)cc2)CC1. The van der Waals surface area contributed by atoms with E-state index in [2.05, 4.69) is 35.3 Å². The topological polar surface area (TPSA) is 59.4 Å². The van der Waals surface area contributed by atoms with Crippen molar-refractivity contribution in [1.82, 2.24) is 15.1 Å². The van der Waals surface area contributed by atoms with Crippen molar-refractivity contribution in [2.75, 3.05) is 32.7 Å². The van der Waals surface area contributed by atoms with E-state index in [9.17, 15) is 4.79 Å². The average molecular weight is 362 g/mol. The van der Waals surface area contributed by atoms with Gasteiger partial charge in [-0.25, -0.2) is 4.79 Å².